The standard InChI is InChI=1S/C10H10F4O2.C8H4F4O/c1-15-9(16-2)7-4-3-6(5-8(7)11)10(12,13)14;9-7-3-6(8(10,11)12)2-1-5(7)4-13/h3-5,9H,1-2H3;1-4H. The van der Waals surface area contributed by atoms with Gasteiger partial charge in [-0.05, 0) is 30.3 Å². The van der Waals surface area contributed by atoms with E-state index in [4.69, 9.17) is 9.47 Å². The zero-order valence-corrected chi connectivity index (χ0v) is 14.9. The molecule has 0 heterocycles. The summed E-state index contributed by atoms with van der Waals surface area (Å²) >= 11 is 0. The van der Waals surface area contributed by atoms with E-state index in [1.807, 2.05) is 0 Å². The van der Waals surface area contributed by atoms with Crippen LogP contribution < -0.4 is 0 Å². The maximum absolute atomic E-state index is 13.3. The molecule has 2 aromatic carbocycles. The molecule has 0 saturated heterocycles. The van der Waals surface area contributed by atoms with Crippen LogP contribution in [0.4, 0.5) is 35.1 Å². The molecule has 0 aromatic heterocycles. The molecular formula is C18H14F8O3. The van der Waals surface area contributed by atoms with Gasteiger partial charge in [0.2, 0.25) is 0 Å². The zero-order chi connectivity index (χ0) is 22.4. The van der Waals surface area contributed by atoms with Crippen molar-refractivity contribution in [2.45, 2.75) is 18.6 Å². The average Bonchev–Trinajstić information content (AvgIpc) is 2.62. The average molecular weight is 430 g/mol. The second-order valence-corrected chi connectivity index (χ2v) is 5.39. The van der Waals surface area contributed by atoms with E-state index < -0.39 is 41.4 Å². The minimum absolute atomic E-state index is 0.0713. The van der Waals surface area contributed by atoms with Crippen LogP contribution in [0.25, 0.3) is 0 Å². The highest BCUT2D eigenvalue weighted by atomic mass is 19.4. The lowest BCUT2D eigenvalue weighted by molar-refractivity contribution is -0.138. The molecule has 2 aromatic rings. The first-order valence-electron chi connectivity index (χ1n) is 7.59. The molecule has 3 nitrogen and oxygen atoms in total. The maximum Gasteiger partial charge on any atom is 0.416 e. The van der Waals surface area contributed by atoms with Gasteiger partial charge in [-0.1, -0.05) is 6.07 Å². The van der Waals surface area contributed by atoms with Gasteiger partial charge in [-0.2, -0.15) is 26.3 Å². The van der Waals surface area contributed by atoms with Crippen LogP contribution in [0.2, 0.25) is 0 Å². The van der Waals surface area contributed by atoms with Crippen molar-refractivity contribution in [2.24, 2.45) is 0 Å². The summed E-state index contributed by atoms with van der Waals surface area (Å²) in [7, 11) is 2.54. The number of carbonyl (C=O) groups is 1. The third-order valence-electron chi connectivity index (χ3n) is 3.46. The van der Waals surface area contributed by atoms with Crippen LogP contribution in [-0.2, 0) is 21.8 Å². The molecule has 0 bridgehead atoms. The number of benzene rings is 2. The van der Waals surface area contributed by atoms with E-state index in [0.29, 0.717) is 18.2 Å². The highest BCUT2D eigenvalue weighted by molar-refractivity contribution is 5.75. The second-order valence-electron chi connectivity index (χ2n) is 5.39. The fraction of sp³-hybridized carbons (Fsp3) is 0.278. The van der Waals surface area contributed by atoms with Gasteiger partial charge in [0.1, 0.15) is 11.6 Å². The molecule has 0 amide bonds. The number of rotatable bonds is 4. The molecule has 0 N–H and O–H groups in total. The largest absolute Gasteiger partial charge is 0.416 e. The Morgan fingerprint density at radius 1 is 0.793 bits per heavy atom. The summed E-state index contributed by atoms with van der Waals surface area (Å²) in [5.74, 6) is -2.17. The first-order chi connectivity index (χ1) is 13.3. The molecule has 0 saturated carbocycles. The first-order valence-corrected chi connectivity index (χ1v) is 7.59. The molecule has 160 valence electrons. The molecule has 0 radical (unpaired) electrons. The van der Waals surface area contributed by atoms with Gasteiger partial charge in [-0.15, -0.1) is 0 Å². The summed E-state index contributed by atoms with van der Waals surface area (Å²) in [5.41, 5.74) is -2.60. The van der Waals surface area contributed by atoms with Crippen molar-refractivity contribution in [3.05, 3.63) is 70.3 Å². The lowest BCUT2D eigenvalue weighted by Crippen LogP contribution is -2.10. The molecule has 29 heavy (non-hydrogen) atoms. The molecule has 2 rings (SSSR count). The van der Waals surface area contributed by atoms with E-state index in [1.165, 1.54) is 14.2 Å². The topological polar surface area (TPSA) is 35.5 Å². The number of alkyl halides is 6. The van der Waals surface area contributed by atoms with Crippen LogP contribution in [0, 0.1) is 11.6 Å². The van der Waals surface area contributed by atoms with E-state index >= 15 is 0 Å². The van der Waals surface area contributed by atoms with Crippen LogP contribution >= 0.6 is 0 Å². The molecule has 0 fully saturated rings. The number of methoxy groups -OCH3 is 2. The van der Waals surface area contributed by atoms with E-state index in [9.17, 15) is 39.9 Å². The van der Waals surface area contributed by atoms with Gasteiger partial charge in [0, 0.05) is 19.8 Å². The Morgan fingerprint density at radius 3 is 1.59 bits per heavy atom. The number of ether oxygens (including phenoxy) is 2. The third-order valence-corrected chi connectivity index (χ3v) is 3.46. The summed E-state index contributed by atoms with van der Waals surface area (Å²) in [6.07, 6.45) is -9.99. The quantitative estimate of drug-likeness (QED) is 0.350. The summed E-state index contributed by atoms with van der Waals surface area (Å²) in [6, 6.07) is 3.95. The van der Waals surface area contributed by atoms with Crippen molar-refractivity contribution in [1.82, 2.24) is 0 Å². The van der Waals surface area contributed by atoms with Gasteiger partial charge >= 0.3 is 12.4 Å². The SMILES string of the molecule is COC(OC)c1ccc(C(F)(F)F)cc1F.O=Cc1ccc(C(F)(F)F)cc1F. The summed E-state index contributed by atoms with van der Waals surface area (Å²) in [4.78, 5) is 10.1. The summed E-state index contributed by atoms with van der Waals surface area (Å²) in [6.45, 7) is 0. The zero-order valence-electron chi connectivity index (χ0n) is 14.9. The Bertz CT molecular complexity index is 827. The smallest absolute Gasteiger partial charge is 0.352 e. The minimum Gasteiger partial charge on any atom is -0.352 e. The van der Waals surface area contributed by atoms with E-state index in [2.05, 4.69) is 0 Å². The predicted octanol–water partition coefficient (Wildman–Crippen LogP) is 5.79. The van der Waals surface area contributed by atoms with Gasteiger partial charge in [0.15, 0.2) is 12.6 Å². The minimum atomic E-state index is -4.58. The third kappa shape index (κ3) is 6.79. The summed E-state index contributed by atoms with van der Waals surface area (Å²) in [5, 5.41) is 0. The van der Waals surface area contributed by atoms with Gasteiger partial charge in [-0.3, -0.25) is 4.79 Å². The lowest BCUT2D eigenvalue weighted by atomic mass is 10.1. The van der Waals surface area contributed by atoms with Crippen LogP contribution in [0.1, 0.15) is 33.3 Å². The molecular weight excluding hydrogens is 416 g/mol. The van der Waals surface area contributed by atoms with Crippen molar-refractivity contribution in [1.29, 1.82) is 0 Å². The molecule has 0 unspecified atom stereocenters. The Labute approximate surface area is 159 Å². The van der Waals surface area contributed by atoms with Crippen LogP contribution in [0.3, 0.4) is 0 Å². The number of halogens is 8. The van der Waals surface area contributed by atoms with Gasteiger partial charge in [0.05, 0.1) is 16.7 Å². The Kier molecular flexibility index (Phi) is 8.27. The Morgan fingerprint density at radius 2 is 1.24 bits per heavy atom. The van der Waals surface area contributed by atoms with Crippen molar-refractivity contribution in [3.63, 3.8) is 0 Å². The lowest BCUT2D eigenvalue weighted by Gasteiger charge is -2.15. The molecule has 0 aliphatic carbocycles. The van der Waals surface area contributed by atoms with E-state index in [1.54, 1.807) is 0 Å². The van der Waals surface area contributed by atoms with Crippen molar-refractivity contribution < 1.29 is 49.4 Å². The van der Waals surface area contributed by atoms with Gasteiger partial charge in [0.25, 0.3) is 0 Å². The van der Waals surface area contributed by atoms with Gasteiger partial charge in [-0.25, -0.2) is 8.78 Å². The van der Waals surface area contributed by atoms with Gasteiger partial charge < -0.3 is 9.47 Å². The van der Waals surface area contributed by atoms with Crippen molar-refractivity contribution in [3.8, 4) is 0 Å². The Hall–Kier alpha value is -2.53. The maximum atomic E-state index is 13.3. The van der Waals surface area contributed by atoms with Crippen LogP contribution in [0.15, 0.2) is 36.4 Å². The predicted molar refractivity (Wildman–Crippen MR) is 85.0 cm³/mol. The van der Waals surface area contributed by atoms with E-state index in [0.717, 1.165) is 18.2 Å². The normalized spacial score (nSPS) is 11.8. The monoisotopic (exact) mass is 430 g/mol. The summed E-state index contributed by atoms with van der Waals surface area (Å²) < 4.78 is 108. The molecule has 11 heteroatoms. The van der Waals surface area contributed by atoms with Crippen LogP contribution in [0.5, 0.6) is 0 Å². The van der Waals surface area contributed by atoms with E-state index in [-0.39, 0.29) is 17.4 Å². The number of aldehydes is 1. The van der Waals surface area contributed by atoms with Crippen molar-refractivity contribution in [2.75, 3.05) is 14.2 Å². The molecule has 0 aliphatic rings. The van der Waals surface area contributed by atoms with Crippen molar-refractivity contribution >= 4 is 6.29 Å². The second kappa shape index (κ2) is 9.79. The molecule has 0 aliphatic heterocycles. The highest BCUT2D eigenvalue weighted by Gasteiger charge is 2.32. The number of hydrogen-bond acceptors (Lipinski definition) is 3. The number of carbonyl (C=O) groups excluding carboxylic acids is 1. The fourth-order valence-corrected chi connectivity index (χ4v) is 2.04. The molecule has 0 spiro atoms. The Balaban J connectivity index is 0.000000296. The highest BCUT2D eigenvalue weighted by Crippen LogP contribution is 2.32. The number of hydrogen-bond donors (Lipinski definition) is 0. The first kappa shape index (κ1) is 24.5. The van der Waals surface area contributed by atoms with Crippen LogP contribution in [-0.4, -0.2) is 20.5 Å². The fourth-order valence-electron chi connectivity index (χ4n) is 2.04. The molecule has 0 atom stereocenters.